The third-order valence-corrected chi connectivity index (χ3v) is 2.85. The Kier molecular flexibility index (Phi) is 2.08. The molecule has 1 aliphatic carbocycles. The molecule has 0 aliphatic heterocycles. The van der Waals surface area contributed by atoms with Crippen LogP contribution in [0.4, 0.5) is 17.6 Å². The second kappa shape index (κ2) is 3.41. The second-order valence-electron chi connectivity index (χ2n) is 3.95. The van der Waals surface area contributed by atoms with Crippen molar-refractivity contribution < 1.29 is 22.4 Å². The Morgan fingerprint density at radius 2 is 1.06 bits per heavy atom. The lowest BCUT2D eigenvalue weighted by Gasteiger charge is -2.03. The van der Waals surface area contributed by atoms with Crippen LogP contribution in [0.5, 0.6) is 0 Å². The molecule has 0 unspecified atom stereocenters. The van der Waals surface area contributed by atoms with Gasteiger partial charge >= 0.3 is 0 Å². The molecule has 0 radical (unpaired) electrons. The predicted molar refractivity (Wildman–Crippen MR) is 55.1 cm³/mol. The van der Waals surface area contributed by atoms with E-state index in [1.165, 1.54) is 0 Å². The molecule has 0 atom stereocenters. The Hall–Kier alpha value is -2.17. The van der Waals surface area contributed by atoms with Crippen molar-refractivity contribution in [2.45, 2.75) is 0 Å². The molecule has 0 N–H and O–H groups in total. The maximum atomic E-state index is 13.6. The van der Waals surface area contributed by atoms with E-state index in [0.29, 0.717) is 12.1 Å². The zero-order valence-corrected chi connectivity index (χ0v) is 8.73. The van der Waals surface area contributed by atoms with E-state index >= 15 is 0 Å². The summed E-state index contributed by atoms with van der Waals surface area (Å²) in [5.41, 5.74) is -1.19. The highest BCUT2D eigenvalue weighted by molar-refractivity contribution is 6.21. The van der Waals surface area contributed by atoms with Crippen molar-refractivity contribution in [2.75, 3.05) is 0 Å². The SMILES string of the molecule is O=C1c2cc(F)cc(F)c2-c2c(F)cc(F)cc21. The van der Waals surface area contributed by atoms with Crippen LogP contribution in [0, 0.1) is 23.3 Å². The van der Waals surface area contributed by atoms with E-state index in [2.05, 4.69) is 0 Å². The average Bonchev–Trinajstić information content (AvgIpc) is 2.54. The molecule has 1 aliphatic rings. The first-order valence-corrected chi connectivity index (χ1v) is 5.02. The highest BCUT2D eigenvalue weighted by Crippen LogP contribution is 2.40. The Morgan fingerprint density at radius 1 is 0.667 bits per heavy atom. The lowest BCUT2D eigenvalue weighted by molar-refractivity contribution is 0.104. The number of carbonyl (C=O) groups is 1. The van der Waals surface area contributed by atoms with Gasteiger partial charge in [0.15, 0.2) is 5.78 Å². The largest absolute Gasteiger partial charge is 0.289 e. The smallest absolute Gasteiger partial charge is 0.194 e. The van der Waals surface area contributed by atoms with Crippen molar-refractivity contribution >= 4 is 5.78 Å². The van der Waals surface area contributed by atoms with Gasteiger partial charge in [-0.1, -0.05) is 0 Å². The molecule has 0 spiro atoms. The molecular formula is C13H4F4O. The van der Waals surface area contributed by atoms with Gasteiger partial charge in [-0.15, -0.1) is 0 Å². The lowest BCUT2D eigenvalue weighted by atomic mass is 10.0. The predicted octanol–water partition coefficient (Wildman–Crippen LogP) is 3.45. The van der Waals surface area contributed by atoms with Crippen molar-refractivity contribution in [1.82, 2.24) is 0 Å². The van der Waals surface area contributed by atoms with Crippen LogP contribution >= 0.6 is 0 Å². The topological polar surface area (TPSA) is 17.1 Å². The van der Waals surface area contributed by atoms with Gasteiger partial charge in [-0.25, -0.2) is 17.6 Å². The number of fused-ring (bicyclic) bond motifs is 3. The summed E-state index contributed by atoms with van der Waals surface area (Å²) in [6, 6.07) is 2.75. The van der Waals surface area contributed by atoms with Gasteiger partial charge in [0, 0.05) is 34.4 Å². The van der Waals surface area contributed by atoms with Crippen LogP contribution in [0.15, 0.2) is 24.3 Å². The van der Waals surface area contributed by atoms with E-state index in [0.717, 1.165) is 12.1 Å². The van der Waals surface area contributed by atoms with Crippen molar-refractivity contribution in [3.8, 4) is 11.1 Å². The second-order valence-corrected chi connectivity index (χ2v) is 3.95. The van der Waals surface area contributed by atoms with Crippen LogP contribution < -0.4 is 0 Å². The highest BCUT2D eigenvalue weighted by atomic mass is 19.1. The molecule has 0 fully saturated rings. The van der Waals surface area contributed by atoms with E-state index < -0.39 is 29.1 Å². The van der Waals surface area contributed by atoms with Gasteiger partial charge in [0.2, 0.25) is 0 Å². The van der Waals surface area contributed by atoms with Gasteiger partial charge < -0.3 is 0 Å². The number of hydrogen-bond donors (Lipinski definition) is 0. The van der Waals surface area contributed by atoms with Crippen molar-refractivity contribution in [3.63, 3.8) is 0 Å². The molecule has 1 nitrogen and oxygen atoms in total. The number of rotatable bonds is 0. The third-order valence-electron chi connectivity index (χ3n) is 2.85. The molecule has 0 bridgehead atoms. The van der Waals surface area contributed by atoms with Crippen LogP contribution in [0.3, 0.4) is 0 Å². The highest BCUT2D eigenvalue weighted by Gasteiger charge is 2.33. The van der Waals surface area contributed by atoms with Gasteiger partial charge in [0.05, 0.1) is 0 Å². The van der Waals surface area contributed by atoms with Gasteiger partial charge in [-0.05, 0) is 12.1 Å². The van der Waals surface area contributed by atoms with Crippen LogP contribution in [-0.2, 0) is 0 Å². The van der Waals surface area contributed by atoms with E-state index in [9.17, 15) is 22.4 Å². The first-order valence-electron chi connectivity index (χ1n) is 5.02. The normalized spacial score (nSPS) is 12.6. The first-order chi connectivity index (χ1) is 8.49. The van der Waals surface area contributed by atoms with Crippen LogP contribution in [-0.4, -0.2) is 5.78 Å². The van der Waals surface area contributed by atoms with E-state index in [1.54, 1.807) is 0 Å². The minimum absolute atomic E-state index is 0.285. The van der Waals surface area contributed by atoms with Crippen LogP contribution in [0.1, 0.15) is 15.9 Å². The molecule has 2 aromatic carbocycles. The molecule has 0 heterocycles. The molecular weight excluding hydrogens is 248 g/mol. The molecule has 0 saturated heterocycles. The fourth-order valence-corrected chi connectivity index (χ4v) is 2.16. The maximum absolute atomic E-state index is 13.6. The summed E-state index contributed by atoms with van der Waals surface area (Å²) in [6.07, 6.45) is 0. The summed E-state index contributed by atoms with van der Waals surface area (Å²) in [4.78, 5) is 11.8. The Labute approximate surface area is 98.7 Å². The summed E-state index contributed by atoms with van der Waals surface area (Å²) in [5, 5.41) is 0. The molecule has 0 saturated carbocycles. The lowest BCUT2D eigenvalue weighted by Crippen LogP contribution is -1.97. The van der Waals surface area contributed by atoms with Gasteiger partial charge in [-0.2, -0.15) is 0 Å². The maximum Gasteiger partial charge on any atom is 0.194 e. The van der Waals surface area contributed by atoms with Crippen molar-refractivity contribution in [1.29, 1.82) is 0 Å². The third kappa shape index (κ3) is 1.30. The summed E-state index contributed by atoms with van der Waals surface area (Å²) < 4.78 is 53.3. The Balaban J connectivity index is 2.44. The zero-order valence-electron chi connectivity index (χ0n) is 8.73. The molecule has 5 heteroatoms. The number of hydrogen-bond acceptors (Lipinski definition) is 1. The Morgan fingerprint density at radius 3 is 1.44 bits per heavy atom. The van der Waals surface area contributed by atoms with Crippen LogP contribution in [0.2, 0.25) is 0 Å². The monoisotopic (exact) mass is 252 g/mol. The minimum Gasteiger partial charge on any atom is -0.289 e. The van der Waals surface area contributed by atoms with Crippen molar-refractivity contribution in [3.05, 3.63) is 58.7 Å². The van der Waals surface area contributed by atoms with E-state index in [4.69, 9.17) is 0 Å². The molecule has 0 amide bonds. The standard InChI is InChI=1S/C13H4F4O/c14-5-1-7-11(9(16)3-5)12-8(13(7)18)2-6(15)4-10(12)17/h1-4H. The van der Waals surface area contributed by atoms with Gasteiger partial charge in [-0.3, -0.25) is 4.79 Å². The molecule has 0 aromatic heterocycles. The quantitative estimate of drug-likeness (QED) is 0.560. The summed E-state index contributed by atoms with van der Waals surface area (Å²) in [7, 11) is 0. The van der Waals surface area contributed by atoms with Crippen LogP contribution in [0.25, 0.3) is 11.1 Å². The summed E-state index contributed by atoms with van der Waals surface area (Å²) in [6.45, 7) is 0. The molecule has 90 valence electrons. The first kappa shape index (κ1) is 11.0. The minimum atomic E-state index is -1.04. The molecule has 2 aromatic rings. The fourth-order valence-electron chi connectivity index (χ4n) is 2.16. The molecule has 18 heavy (non-hydrogen) atoms. The molecule has 3 rings (SSSR count). The van der Waals surface area contributed by atoms with Gasteiger partial charge in [0.25, 0.3) is 0 Å². The van der Waals surface area contributed by atoms with Crippen molar-refractivity contribution in [2.24, 2.45) is 0 Å². The number of benzene rings is 2. The van der Waals surface area contributed by atoms with E-state index in [1.807, 2.05) is 0 Å². The summed E-state index contributed by atoms with van der Waals surface area (Å²) >= 11 is 0. The van der Waals surface area contributed by atoms with E-state index in [-0.39, 0.29) is 22.3 Å². The summed E-state index contributed by atoms with van der Waals surface area (Å²) in [5.74, 6) is -4.73. The Bertz CT molecular complexity index is 647. The average molecular weight is 252 g/mol. The number of ketones is 1. The zero-order chi connectivity index (χ0) is 13.0. The van der Waals surface area contributed by atoms with Gasteiger partial charge in [0.1, 0.15) is 23.3 Å². The fraction of sp³-hybridized carbons (Fsp3) is 0. The number of carbonyl (C=O) groups excluding carboxylic acids is 1. The number of halogens is 4.